The van der Waals surface area contributed by atoms with Crippen LogP contribution in [0, 0.1) is 24.5 Å². The smallest absolute Gasteiger partial charge is 0.163 e. The van der Waals surface area contributed by atoms with Crippen molar-refractivity contribution in [1.82, 2.24) is 5.32 Å². The lowest BCUT2D eigenvalue weighted by molar-refractivity contribution is 0.384. The summed E-state index contributed by atoms with van der Waals surface area (Å²) in [5.74, 6) is -0.931. The Morgan fingerprint density at radius 2 is 1.84 bits per heavy atom. The van der Waals surface area contributed by atoms with Gasteiger partial charge in [0.05, 0.1) is 0 Å². The lowest BCUT2D eigenvalue weighted by atomic mass is 9.93. The Labute approximate surface area is 115 Å². The van der Waals surface area contributed by atoms with Crippen molar-refractivity contribution in [2.75, 3.05) is 6.54 Å². The fourth-order valence-electron chi connectivity index (χ4n) is 2.14. The molecular weight excluding hydrogens is 244 g/mol. The van der Waals surface area contributed by atoms with Crippen molar-refractivity contribution in [3.8, 4) is 0 Å². The van der Waals surface area contributed by atoms with Crippen molar-refractivity contribution in [2.24, 2.45) is 5.92 Å². The van der Waals surface area contributed by atoms with Crippen LogP contribution in [0.15, 0.2) is 12.1 Å². The number of rotatable bonds is 7. The standard InChI is InChI=1S/C16H25F2N/c1-5-9-19-14(10-11(3)6-2)13-8-7-12(4)15(17)16(13)18/h7-8,11,14,19H,5-6,9-10H2,1-4H3. The first-order valence-electron chi connectivity index (χ1n) is 7.19. The Kier molecular flexibility index (Phi) is 6.43. The second-order valence-corrected chi connectivity index (χ2v) is 5.36. The first kappa shape index (κ1) is 16.1. The predicted octanol–water partition coefficient (Wildman–Crippen LogP) is 4.75. The molecular formula is C16H25F2N. The van der Waals surface area contributed by atoms with E-state index in [0.717, 1.165) is 25.8 Å². The average molecular weight is 269 g/mol. The molecule has 1 aromatic rings. The zero-order chi connectivity index (χ0) is 14.4. The number of benzene rings is 1. The van der Waals surface area contributed by atoms with Crippen molar-refractivity contribution in [3.05, 3.63) is 34.9 Å². The van der Waals surface area contributed by atoms with Crippen LogP contribution in [0.3, 0.4) is 0 Å². The predicted molar refractivity (Wildman–Crippen MR) is 76.2 cm³/mol. The highest BCUT2D eigenvalue weighted by Crippen LogP contribution is 2.27. The molecule has 0 saturated carbocycles. The summed E-state index contributed by atoms with van der Waals surface area (Å²) >= 11 is 0. The van der Waals surface area contributed by atoms with Gasteiger partial charge >= 0.3 is 0 Å². The molecule has 0 fully saturated rings. The van der Waals surface area contributed by atoms with Gasteiger partial charge in [0.2, 0.25) is 0 Å². The van der Waals surface area contributed by atoms with Crippen LogP contribution in [-0.2, 0) is 0 Å². The number of hydrogen-bond donors (Lipinski definition) is 1. The van der Waals surface area contributed by atoms with Gasteiger partial charge < -0.3 is 5.32 Å². The Hall–Kier alpha value is -0.960. The van der Waals surface area contributed by atoms with Crippen LogP contribution >= 0.6 is 0 Å². The highest BCUT2D eigenvalue weighted by Gasteiger charge is 2.20. The van der Waals surface area contributed by atoms with Crippen molar-refractivity contribution in [1.29, 1.82) is 0 Å². The molecule has 0 aliphatic rings. The van der Waals surface area contributed by atoms with Gasteiger partial charge in [-0.15, -0.1) is 0 Å². The van der Waals surface area contributed by atoms with E-state index >= 15 is 0 Å². The molecule has 0 aromatic heterocycles. The molecule has 1 N–H and O–H groups in total. The van der Waals surface area contributed by atoms with Gasteiger partial charge in [-0.2, -0.15) is 0 Å². The molecule has 2 unspecified atom stereocenters. The SMILES string of the molecule is CCCNC(CC(C)CC)c1ccc(C)c(F)c1F. The molecule has 1 rings (SSSR count). The van der Waals surface area contributed by atoms with Crippen LogP contribution in [0.1, 0.15) is 57.2 Å². The molecule has 19 heavy (non-hydrogen) atoms. The Bertz CT molecular complexity index is 404. The minimum Gasteiger partial charge on any atom is -0.310 e. The molecule has 108 valence electrons. The van der Waals surface area contributed by atoms with Gasteiger partial charge in [-0.1, -0.05) is 39.3 Å². The molecule has 3 heteroatoms. The Balaban J connectivity index is 2.99. The van der Waals surface area contributed by atoms with Crippen LogP contribution in [0.2, 0.25) is 0 Å². The van der Waals surface area contributed by atoms with Crippen LogP contribution in [0.5, 0.6) is 0 Å². The topological polar surface area (TPSA) is 12.0 Å². The molecule has 1 aromatic carbocycles. The van der Waals surface area contributed by atoms with Crippen LogP contribution in [0.4, 0.5) is 8.78 Å². The quantitative estimate of drug-likeness (QED) is 0.753. The highest BCUT2D eigenvalue weighted by molar-refractivity contribution is 5.28. The zero-order valence-corrected chi connectivity index (χ0v) is 12.4. The average Bonchev–Trinajstić information content (AvgIpc) is 2.41. The number of nitrogens with one attached hydrogen (secondary N) is 1. The molecule has 0 radical (unpaired) electrons. The maximum absolute atomic E-state index is 14.1. The van der Waals surface area contributed by atoms with E-state index in [0.29, 0.717) is 17.0 Å². The van der Waals surface area contributed by atoms with Crippen molar-refractivity contribution in [2.45, 2.75) is 53.0 Å². The molecule has 0 aliphatic heterocycles. The summed E-state index contributed by atoms with van der Waals surface area (Å²) in [6.07, 6.45) is 2.85. The molecule has 0 spiro atoms. The summed E-state index contributed by atoms with van der Waals surface area (Å²) in [6, 6.07) is 3.26. The van der Waals surface area contributed by atoms with E-state index in [4.69, 9.17) is 0 Å². The summed E-state index contributed by atoms with van der Waals surface area (Å²) in [7, 11) is 0. The third kappa shape index (κ3) is 4.27. The van der Waals surface area contributed by atoms with Gasteiger partial charge in [0, 0.05) is 11.6 Å². The molecule has 2 atom stereocenters. The lowest BCUT2D eigenvalue weighted by Crippen LogP contribution is -2.25. The van der Waals surface area contributed by atoms with Crippen LogP contribution < -0.4 is 5.32 Å². The molecule has 0 aliphatic carbocycles. The fourth-order valence-corrected chi connectivity index (χ4v) is 2.14. The first-order chi connectivity index (χ1) is 9.01. The number of halogens is 2. The molecule has 1 nitrogen and oxygen atoms in total. The van der Waals surface area contributed by atoms with Gasteiger partial charge in [-0.3, -0.25) is 0 Å². The third-order valence-electron chi connectivity index (χ3n) is 3.66. The minimum absolute atomic E-state index is 0.106. The first-order valence-corrected chi connectivity index (χ1v) is 7.19. The van der Waals surface area contributed by atoms with E-state index < -0.39 is 11.6 Å². The van der Waals surface area contributed by atoms with Gasteiger partial charge in [-0.25, -0.2) is 8.78 Å². The molecule has 0 bridgehead atoms. The van der Waals surface area contributed by atoms with Crippen LogP contribution in [-0.4, -0.2) is 6.54 Å². The lowest BCUT2D eigenvalue weighted by Gasteiger charge is -2.23. The van der Waals surface area contributed by atoms with Gasteiger partial charge in [0.1, 0.15) is 0 Å². The Morgan fingerprint density at radius 1 is 1.16 bits per heavy atom. The summed E-state index contributed by atoms with van der Waals surface area (Å²) < 4.78 is 27.8. The van der Waals surface area contributed by atoms with E-state index in [2.05, 4.69) is 26.1 Å². The summed E-state index contributed by atoms with van der Waals surface area (Å²) in [5.41, 5.74) is 0.816. The fraction of sp³-hybridized carbons (Fsp3) is 0.625. The van der Waals surface area contributed by atoms with Gasteiger partial charge in [0.25, 0.3) is 0 Å². The molecule has 0 amide bonds. The van der Waals surface area contributed by atoms with E-state index in [1.165, 1.54) is 0 Å². The summed E-state index contributed by atoms with van der Waals surface area (Å²) in [6.45, 7) is 8.73. The second kappa shape index (κ2) is 7.59. The van der Waals surface area contributed by atoms with Crippen molar-refractivity contribution in [3.63, 3.8) is 0 Å². The van der Waals surface area contributed by atoms with Crippen molar-refractivity contribution < 1.29 is 8.78 Å². The summed E-state index contributed by atoms with van der Waals surface area (Å²) in [4.78, 5) is 0. The van der Waals surface area contributed by atoms with E-state index in [1.807, 2.05) is 0 Å². The number of hydrogen-bond acceptors (Lipinski definition) is 1. The van der Waals surface area contributed by atoms with E-state index in [9.17, 15) is 8.78 Å². The number of aryl methyl sites for hydroxylation is 1. The highest BCUT2D eigenvalue weighted by atomic mass is 19.2. The van der Waals surface area contributed by atoms with Crippen LogP contribution in [0.25, 0.3) is 0 Å². The van der Waals surface area contributed by atoms with E-state index in [-0.39, 0.29) is 6.04 Å². The van der Waals surface area contributed by atoms with Crippen molar-refractivity contribution >= 4 is 0 Å². The summed E-state index contributed by atoms with van der Waals surface area (Å²) in [5, 5.41) is 3.33. The molecule has 0 saturated heterocycles. The minimum atomic E-state index is -0.718. The second-order valence-electron chi connectivity index (χ2n) is 5.36. The van der Waals surface area contributed by atoms with Gasteiger partial charge in [0.15, 0.2) is 11.6 Å². The monoisotopic (exact) mass is 269 g/mol. The van der Waals surface area contributed by atoms with E-state index in [1.54, 1.807) is 19.1 Å². The van der Waals surface area contributed by atoms with Gasteiger partial charge in [-0.05, 0) is 37.8 Å². The largest absolute Gasteiger partial charge is 0.310 e. The maximum Gasteiger partial charge on any atom is 0.163 e. The third-order valence-corrected chi connectivity index (χ3v) is 3.66. The maximum atomic E-state index is 14.1. The normalized spacial score (nSPS) is 14.4. The zero-order valence-electron chi connectivity index (χ0n) is 12.4. The Morgan fingerprint density at radius 3 is 2.42 bits per heavy atom. The molecule has 0 heterocycles.